The number of para-hydroxylation sites is 2. The lowest BCUT2D eigenvalue weighted by atomic mass is 9.91. The summed E-state index contributed by atoms with van der Waals surface area (Å²) >= 11 is 0. The van der Waals surface area contributed by atoms with Gasteiger partial charge < -0.3 is 9.13 Å². The average Bonchev–Trinajstić information content (AvgIpc) is 3.82. The molecule has 2 aromatic heterocycles. The minimum atomic E-state index is 1.15. The van der Waals surface area contributed by atoms with E-state index in [9.17, 15) is 0 Å². The number of fused-ring (bicyclic) bond motifs is 3. The second kappa shape index (κ2) is 12.9. The van der Waals surface area contributed by atoms with Crippen LogP contribution >= 0.6 is 0 Å². The van der Waals surface area contributed by atoms with Crippen LogP contribution in [-0.4, -0.2) is 9.13 Å². The maximum Gasteiger partial charge on any atom is 0.0547 e. The quantitative estimate of drug-likeness (QED) is 0.150. The SMILES string of the molecule is c1ccc(-c2ccc(-c3ccc4c5c3ccc3c(-c6ccc(-c7ccccc7)cc6)ccc(c35)n4-c3ccc4c(c3)c3ccccc3n4-c3ccccc3)cc2)cc1. The first-order valence-electron chi connectivity index (χ1n) is 20.0. The lowest BCUT2D eigenvalue weighted by Crippen LogP contribution is -1.95. The number of rotatable bonds is 6. The van der Waals surface area contributed by atoms with E-state index in [0.717, 1.165) is 5.69 Å². The Labute approximate surface area is 336 Å². The van der Waals surface area contributed by atoms with Gasteiger partial charge in [-0.05, 0) is 104 Å². The first-order valence-corrected chi connectivity index (χ1v) is 20.0. The number of hydrogen-bond acceptors (Lipinski definition) is 0. The molecule has 12 aromatic rings. The van der Waals surface area contributed by atoms with E-state index in [0.29, 0.717) is 0 Å². The molecule has 2 nitrogen and oxygen atoms in total. The van der Waals surface area contributed by atoms with Gasteiger partial charge in [-0.3, -0.25) is 0 Å². The molecule has 0 amide bonds. The predicted octanol–water partition coefficient (Wildman–Crippen LogP) is 15.1. The maximum absolute atomic E-state index is 2.49. The molecule has 0 saturated carbocycles. The smallest absolute Gasteiger partial charge is 0.0547 e. The topological polar surface area (TPSA) is 9.86 Å². The van der Waals surface area contributed by atoms with Crippen molar-refractivity contribution in [1.82, 2.24) is 9.13 Å². The van der Waals surface area contributed by atoms with Crippen LogP contribution < -0.4 is 0 Å². The van der Waals surface area contributed by atoms with E-state index in [2.05, 4.69) is 228 Å². The summed E-state index contributed by atoms with van der Waals surface area (Å²) in [6.45, 7) is 0. The third kappa shape index (κ3) is 4.99. The Morgan fingerprint density at radius 2 is 0.638 bits per heavy atom. The minimum Gasteiger partial charge on any atom is -0.309 e. The summed E-state index contributed by atoms with van der Waals surface area (Å²) in [7, 11) is 0. The van der Waals surface area contributed by atoms with Gasteiger partial charge in [0.15, 0.2) is 0 Å². The fourth-order valence-electron chi connectivity index (χ4n) is 9.44. The van der Waals surface area contributed by atoms with Crippen molar-refractivity contribution in [3.05, 3.63) is 218 Å². The molecule has 0 aliphatic carbocycles. The zero-order valence-corrected chi connectivity index (χ0v) is 31.7. The molecular formula is C56H36N2. The number of hydrogen-bond donors (Lipinski definition) is 0. The molecule has 0 radical (unpaired) electrons. The fourth-order valence-corrected chi connectivity index (χ4v) is 9.44. The summed E-state index contributed by atoms with van der Waals surface area (Å²) < 4.78 is 4.88. The van der Waals surface area contributed by atoms with Crippen molar-refractivity contribution in [1.29, 1.82) is 0 Å². The Morgan fingerprint density at radius 1 is 0.224 bits per heavy atom. The zero-order valence-electron chi connectivity index (χ0n) is 31.7. The second-order valence-electron chi connectivity index (χ2n) is 15.3. The van der Waals surface area contributed by atoms with Gasteiger partial charge in [-0.2, -0.15) is 0 Å². The molecule has 0 aliphatic heterocycles. The van der Waals surface area contributed by atoms with Gasteiger partial charge in [-0.15, -0.1) is 0 Å². The first-order chi connectivity index (χ1) is 28.8. The third-order valence-corrected chi connectivity index (χ3v) is 12.1. The monoisotopic (exact) mass is 736 g/mol. The second-order valence-corrected chi connectivity index (χ2v) is 15.3. The molecule has 0 bridgehead atoms. The van der Waals surface area contributed by atoms with Gasteiger partial charge in [0.2, 0.25) is 0 Å². The van der Waals surface area contributed by atoms with Crippen LogP contribution in [0.3, 0.4) is 0 Å². The van der Waals surface area contributed by atoms with Crippen LogP contribution in [0.15, 0.2) is 218 Å². The Kier molecular flexibility index (Phi) is 7.26. The van der Waals surface area contributed by atoms with Crippen molar-refractivity contribution in [2.75, 3.05) is 0 Å². The summed E-state index contributed by atoms with van der Waals surface area (Å²) in [5.41, 5.74) is 17.0. The standard InChI is InChI=1S/C56H36N2/c1-4-12-37(13-5-1)39-20-24-41(25-21-39)45-31-34-53-55-48(45)29-30-49-46(42-26-22-40(23-27-42)38-14-6-2-7-15-38)32-35-54(56(49)55)58(53)44-28-33-52-50(36-44)47-18-10-11-19-51(47)57(52)43-16-8-3-9-17-43/h1-36H. The Bertz CT molecular complexity index is 3290. The van der Waals surface area contributed by atoms with Gasteiger partial charge in [-0.25, -0.2) is 0 Å². The molecule has 12 rings (SSSR count). The van der Waals surface area contributed by atoms with Crippen molar-refractivity contribution in [3.63, 3.8) is 0 Å². The molecule has 0 spiro atoms. The zero-order chi connectivity index (χ0) is 38.2. The molecule has 2 heterocycles. The highest BCUT2D eigenvalue weighted by atomic mass is 15.0. The molecule has 270 valence electrons. The average molecular weight is 737 g/mol. The van der Waals surface area contributed by atoms with E-state index < -0.39 is 0 Å². The number of nitrogens with zero attached hydrogens (tertiary/aromatic N) is 2. The molecule has 2 heteroatoms. The van der Waals surface area contributed by atoms with E-state index in [4.69, 9.17) is 0 Å². The molecule has 0 saturated heterocycles. The van der Waals surface area contributed by atoms with E-state index in [-0.39, 0.29) is 0 Å². The molecule has 58 heavy (non-hydrogen) atoms. The lowest BCUT2D eigenvalue weighted by molar-refractivity contribution is 1.17. The van der Waals surface area contributed by atoms with Crippen molar-refractivity contribution >= 4 is 54.4 Å². The molecule has 0 unspecified atom stereocenters. The third-order valence-electron chi connectivity index (χ3n) is 12.1. The molecule has 0 atom stereocenters. The maximum atomic E-state index is 2.49. The van der Waals surface area contributed by atoms with Crippen molar-refractivity contribution < 1.29 is 0 Å². The van der Waals surface area contributed by atoms with Crippen LogP contribution in [0.1, 0.15) is 0 Å². The summed E-state index contributed by atoms with van der Waals surface area (Å²) in [5.74, 6) is 0. The summed E-state index contributed by atoms with van der Waals surface area (Å²) in [4.78, 5) is 0. The largest absolute Gasteiger partial charge is 0.309 e. The van der Waals surface area contributed by atoms with Crippen LogP contribution in [0, 0.1) is 0 Å². The van der Waals surface area contributed by atoms with Crippen molar-refractivity contribution in [3.8, 4) is 55.9 Å². The number of aromatic nitrogens is 2. The van der Waals surface area contributed by atoms with E-state index in [1.165, 1.54) is 105 Å². The predicted molar refractivity (Wildman–Crippen MR) is 246 cm³/mol. The van der Waals surface area contributed by atoms with E-state index in [1.807, 2.05) is 0 Å². The molecule has 0 N–H and O–H groups in total. The summed E-state index contributed by atoms with van der Waals surface area (Å²) in [6, 6.07) is 79.9. The minimum absolute atomic E-state index is 1.15. The summed E-state index contributed by atoms with van der Waals surface area (Å²) in [5, 5.41) is 7.61. The Hall–Kier alpha value is -7.68. The lowest BCUT2D eigenvalue weighted by Gasteiger charge is -2.12. The van der Waals surface area contributed by atoms with E-state index >= 15 is 0 Å². The van der Waals surface area contributed by atoms with Gasteiger partial charge in [0.05, 0.1) is 22.1 Å². The van der Waals surface area contributed by atoms with Gasteiger partial charge in [0.25, 0.3) is 0 Å². The number of benzene rings is 10. The van der Waals surface area contributed by atoms with E-state index in [1.54, 1.807) is 0 Å². The first kappa shape index (κ1) is 32.6. The van der Waals surface area contributed by atoms with Crippen molar-refractivity contribution in [2.45, 2.75) is 0 Å². The summed E-state index contributed by atoms with van der Waals surface area (Å²) in [6.07, 6.45) is 0. The van der Waals surface area contributed by atoms with Gasteiger partial charge in [0.1, 0.15) is 0 Å². The molecular weight excluding hydrogens is 701 g/mol. The molecule has 0 aliphatic rings. The normalized spacial score (nSPS) is 11.8. The highest BCUT2D eigenvalue weighted by Crippen LogP contribution is 2.46. The Morgan fingerprint density at radius 3 is 1.19 bits per heavy atom. The van der Waals surface area contributed by atoms with Crippen LogP contribution in [0.25, 0.3) is 110 Å². The highest BCUT2D eigenvalue weighted by Gasteiger charge is 2.22. The van der Waals surface area contributed by atoms with Crippen LogP contribution in [0.5, 0.6) is 0 Å². The highest BCUT2D eigenvalue weighted by molar-refractivity contribution is 6.28. The van der Waals surface area contributed by atoms with Gasteiger partial charge in [-0.1, -0.05) is 170 Å². The Balaban J connectivity index is 1.09. The van der Waals surface area contributed by atoms with Crippen LogP contribution in [0.4, 0.5) is 0 Å². The van der Waals surface area contributed by atoms with Gasteiger partial charge >= 0.3 is 0 Å². The molecule has 10 aromatic carbocycles. The van der Waals surface area contributed by atoms with Gasteiger partial charge in [0, 0.05) is 32.9 Å². The molecule has 0 fully saturated rings. The van der Waals surface area contributed by atoms with Crippen molar-refractivity contribution in [2.24, 2.45) is 0 Å². The van der Waals surface area contributed by atoms with Crippen LogP contribution in [-0.2, 0) is 0 Å². The van der Waals surface area contributed by atoms with Crippen LogP contribution in [0.2, 0.25) is 0 Å². The fraction of sp³-hybridized carbons (Fsp3) is 0.